The van der Waals surface area contributed by atoms with Crippen molar-refractivity contribution in [3.05, 3.63) is 27.9 Å². The van der Waals surface area contributed by atoms with Crippen LogP contribution in [0.5, 0.6) is 0 Å². The van der Waals surface area contributed by atoms with E-state index in [1.54, 1.807) is 24.3 Å². The van der Waals surface area contributed by atoms with Crippen molar-refractivity contribution in [3.8, 4) is 0 Å². The van der Waals surface area contributed by atoms with E-state index in [1.807, 2.05) is 13.1 Å². The van der Waals surface area contributed by atoms with Crippen LogP contribution in [0.25, 0.3) is 0 Å². The average Bonchev–Trinajstić information content (AvgIpc) is 3.06. The maximum atomic E-state index is 11.9. The summed E-state index contributed by atoms with van der Waals surface area (Å²) in [5.74, 6) is 1.60. The molecule has 1 aliphatic carbocycles. The van der Waals surface area contributed by atoms with Crippen LogP contribution in [0.2, 0.25) is 0 Å². The summed E-state index contributed by atoms with van der Waals surface area (Å²) in [6, 6.07) is 1.87. The van der Waals surface area contributed by atoms with Crippen LogP contribution >= 0.6 is 11.3 Å². The number of carbonyl (C=O) groups is 1. The number of carbonyl (C=O) groups excluding carboxylic acids is 1. The van der Waals surface area contributed by atoms with E-state index in [1.165, 1.54) is 17.7 Å². The van der Waals surface area contributed by atoms with Gasteiger partial charge in [-0.05, 0) is 32.6 Å². The second-order valence-corrected chi connectivity index (χ2v) is 6.64. The van der Waals surface area contributed by atoms with Crippen LogP contribution in [-0.2, 0) is 4.79 Å². The van der Waals surface area contributed by atoms with Crippen molar-refractivity contribution in [1.29, 1.82) is 0 Å². The number of nitrogens with zero attached hydrogens (tertiary/aromatic N) is 2. The molecule has 112 valence electrons. The van der Waals surface area contributed by atoms with E-state index in [-0.39, 0.29) is 18.5 Å². The maximum Gasteiger partial charge on any atom is 0.239 e. The summed E-state index contributed by atoms with van der Waals surface area (Å²) in [4.78, 5) is 17.6. The number of amides is 1. The Hall–Kier alpha value is -1.73. The van der Waals surface area contributed by atoms with Crippen molar-refractivity contribution in [1.82, 2.24) is 15.5 Å². The van der Waals surface area contributed by atoms with E-state index in [9.17, 15) is 4.79 Å². The van der Waals surface area contributed by atoms with E-state index < -0.39 is 0 Å². The predicted molar refractivity (Wildman–Crippen MR) is 80.2 cm³/mol. The predicted octanol–water partition coefficient (Wildman–Crippen LogP) is 2.43. The lowest BCUT2D eigenvalue weighted by Crippen LogP contribution is -2.32. The Bertz CT molecular complexity index is 632. The Kier molecular flexibility index (Phi) is 4.03. The van der Waals surface area contributed by atoms with Crippen LogP contribution in [0.1, 0.15) is 34.5 Å². The number of thiazole rings is 1. The van der Waals surface area contributed by atoms with Gasteiger partial charge in [0, 0.05) is 17.1 Å². The molecule has 1 aliphatic rings. The number of rotatable bonds is 6. The summed E-state index contributed by atoms with van der Waals surface area (Å²) in [5, 5.41) is 10.8. The maximum absolute atomic E-state index is 11.9. The number of aromatic nitrogens is 2. The van der Waals surface area contributed by atoms with E-state index in [0.29, 0.717) is 17.5 Å². The molecular weight excluding hydrogens is 288 g/mol. The number of nitrogens with one attached hydrogen (secondary N) is 2. The van der Waals surface area contributed by atoms with Crippen LogP contribution in [0.15, 0.2) is 16.8 Å². The summed E-state index contributed by atoms with van der Waals surface area (Å²) < 4.78 is 4.92. The van der Waals surface area contributed by atoms with Gasteiger partial charge in [-0.1, -0.05) is 5.16 Å². The summed E-state index contributed by atoms with van der Waals surface area (Å²) in [5.41, 5.74) is 0. The molecule has 6 nitrogen and oxygen atoms in total. The van der Waals surface area contributed by atoms with Gasteiger partial charge in [-0.15, -0.1) is 11.3 Å². The van der Waals surface area contributed by atoms with Crippen molar-refractivity contribution in [3.63, 3.8) is 0 Å². The third-order valence-electron chi connectivity index (χ3n) is 3.38. The zero-order chi connectivity index (χ0) is 14.8. The highest BCUT2D eigenvalue weighted by Crippen LogP contribution is 2.41. The van der Waals surface area contributed by atoms with Crippen molar-refractivity contribution in [2.75, 3.05) is 11.9 Å². The van der Waals surface area contributed by atoms with Gasteiger partial charge in [0.25, 0.3) is 0 Å². The van der Waals surface area contributed by atoms with Crippen LogP contribution in [-0.4, -0.2) is 22.6 Å². The Labute approximate surface area is 126 Å². The first-order chi connectivity index (χ1) is 10.1. The SMILES string of the molecule is Cc1cc(NC(=O)CN[C@H](c2ncc(C)s2)C2CC2)no1. The highest BCUT2D eigenvalue weighted by molar-refractivity contribution is 7.11. The minimum atomic E-state index is -0.123. The quantitative estimate of drug-likeness (QED) is 0.857. The van der Waals surface area contributed by atoms with Crippen LogP contribution in [0.3, 0.4) is 0 Å². The molecule has 3 rings (SSSR count). The molecule has 0 aliphatic heterocycles. The average molecular weight is 306 g/mol. The molecule has 2 heterocycles. The first-order valence-corrected chi connectivity index (χ1v) is 7.82. The standard InChI is InChI=1S/C14H18N4O2S/c1-8-5-11(18-20-8)17-12(19)7-15-13(10-3-4-10)14-16-6-9(2)21-14/h5-6,10,13,15H,3-4,7H2,1-2H3,(H,17,18,19)/t13-/m0/s1. The monoisotopic (exact) mass is 306 g/mol. The second kappa shape index (κ2) is 5.95. The minimum absolute atomic E-state index is 0.123. The number of hydrogen-bond acceptors (Lipinski definition) is 6. The van der Waals surface area contributed by atoms with E-state index in [0.717, 1.165) is 5.01 Å². The fourth-order valence-electron chi connectivity index (χ4n) is 2.22. The second-order valence-electron chi connectivity index (χ2n) is 5.38. The van der Waals surface area contributed by atoms with Gasteiger partial charge in [0.1, 0.15) is 10.8 Å². The molecule has 0 unspecified atom stereocenters. The van der Waals surface area contributed by atoms with Gasteiger partial charge in [-0.2, -0.15) is 0 Å². The third-order valence-corrected chi connectivity index (χ3v) is 4.37. The molecule has 1 fully saturated rings. The van der Waals surface area contributed by atoms with Crippen LogP contribution in [0, 0.1) is 19.8 Å². The first-order valence-electron chi connectivity index (χ1n) is 7.00. The normalized spacial score (nSPS) is 15.9. The Morgan fingerprint density at radius 1 is 1.52 bits per heavy atom. The van der Waals surface area contributed by atoms with E-state index in [4.69, 9.17) is 4.52 Å². The van der Waals surface area contributed by atoms with E-state index >= 15 is 0 Å². The lowest BCUT2D eigenvalue weighted by atomic mass is 10.2. The largest absolute Gasteiger partial charge is 0.360 e. The molecule has 7 heteroatoms. The topological polar surface area (TPSA) is 80.0 Å². The van der Waals surface area contributed by atoms with Gasteiger partial charge >= 0.3 is 0 Å². The molecule has 0 saturated heterocycles. The van der Waals surface area contributed by atoms with Gasteiger partial charge in [0.2, 0.25) is 5.91 Å². The molecule has 2 N–H and O–H groups in total. The molecule has 0 aromatic carbocycles. The fraction of sp³-hybridized carbons (Fsp3) is 0.500. The summed E-state index contributed by atoms with van der Waals surface area (Å²) in [6.45, 7) is 4.07. The van der Waals surface area contributed by atoms with Gasteiger partial charge in [-0.25, -0.2) is 4.98 Å². The Morgan fingerprint density at radius 2 is 2.33 bits per heavy atom. The molecule has 2 aromatic heterocycles. The van der Waals surface area contributed by atoms with Gasteiger partial charge in [0.05, 0.1) is 12.6 Å². The highest BCUT2D eigenvalue weighted by Gasteiger charge is 2.34. The minimum Gasteiger partial charge on any atom is -0.360 e. The molecule has 1 atom stereocenters. The zero-order valence-corrected chi connectivity index (χ0v) is 12.9. The highest BCUT2D eigenvalue weighted by atomic mass is 32.1. The summed E-state index contributed by atoms with van der Waals surface area (Å²) >= 11 is 1.69. The fourth-order valence-corrected chi connectivity index (χ4v) is 3.16. The van der Waals surface area contributed by atoms with Crippen molar-refractivity contribution in [2.45, 2.75) is 32.7 Å². The molecule has 1 amide bonds. The number of aryl methyl sites for hydroxylation is 2. The zero-order valence-electron chi connectivity index (χ0n) is 12.0. The van der Waals surface area contributed by atoms with Crippen molar-refractivity contribution >= 4 is 23.1 Å². The lowest BCUT2D eigenvalue weighted by molar-refractivity contribution is -0.115. The van der Waals surface area contributed by atoms with Gasteiger partial charge in [0.15, 0.2) is 5.82 Å². The van der Waals surface area contributed by atoms with Crippen molar-refractivity contribution in [2.24, 2.45) is 5.92 Å². The molecule has 1 saturated carbocycles. The summed E-state index contributed by atoms with van der Waals surface area (Å²) in [7, 11) is 0. The van der Waals surface area contributed by atoms with Crippen LogP contribution < -0.4 is 10.6 Å². The molecular formula is C14H18N4O2S. The third kappa shape index (κ3) is 3.68. The Morgan fingerprint density at radius 3 is 2.90 bits per heavy atom. The van der Waals surface area contributed by atoms with Crippen LogP contribution in [0.4, 0.5) is 5.82 Å². The Balaban J connectivity index is 1.56. The van der Waals surface area contributed by atoms with Gasteiger partial charge < -0.3 is 9.84 Å². The molecule has 0 spiro atoms. The first kappa shape index (κ1) is 14.2. The van der Waals surface area contributed by atoms with Crippen molar-refractivity contribution < 1.29 is 9.32 Å². The molecule has 21 heavy (non-hydrogen) atoms. The lowest BCUT2D eigenvalue weighted by Gasteiger charge is -2.15. The number of hydrogen-bond donors (Lipinski definition) is 2. The van der Waals surface area contributed by atoms with E-state index in [2.05, 4.69) is 20.8 Å². The summed E-state index contributed by atoms with van der Waals surface area (Å²) in [6.07, 6.45) is 4.27. The molecule has 0 bridgehead atoms. The van der Waals surface area contributed by atoms with Gasteiger partial charge in [-0.3, -0.25) is 10.1 Å². The molecule has 0 radical (unpaired) electrons. The molecule has 2 aromatic rings. The smallest absolute Gasteiger partial charge is 0.239 e. The number of anilines is 1.